The van der Waals surface area contributed by atoms with E-state index in [9.17, 15) is 4.79 Å². The third kappa shape index (κ3) is 3.14. The van der Waals surface area contributed by atoms with Gasteiger partial charge < -0.3 is 9.42 Å². The number of benzene rings is 1. The zero-order valence-electron chi connectivity index (χ0n) is 14.2. The fourth-order valence-corrected chi connectivity index (χ4v) is 2.83. The molecule has 3 rings (SSSR count). The number of aromatic nitrogens is 2. The Hall–Kier alpha value is -2.17. The van der Waals surface area contributed by atoms with Crippen molar-refractivity contribution < 1.29 is 9.32 Å². The average Bonchev–Trinajstić information content (AvgIpc) is 3.09. The van der Waals surface area contributed by atoms with Crippen LogP contribution in [0.5, 0.6) is 0 Å². The van der Waals surface area contributed by atoms with Crippen molar-refractivity contribution in [3.05, 3.63) is 47.1 Å². The first-order valence-corrected chi connectivity index (χ1v) is 8.04. The minimum Gasteiger partial charge on any atom is -0.337 e. The molecule has 2 heterocycles. The second kappa shape index (κ2) is 5.80. The second-order valence-electron chi connectivity index (χ2n) is 7.21. The zero-order valence-corrected chi connectivity index (χ0v) is 14.2. The fourth-order valence-electron chi connectivity index (χ4n) is 2.83. The molecule has 1 aliphatic heterocycles. The number of amides is 1. The van der Waals surface area contributed by atoms with Gasteiger partial charge in [0, 0.05) is 18.4 Å². The van der Waals surface area contributed by atoms with E-state index < -0.39 is 0 Å². The Labute approximate surface area is 136 Å². The lowest BCUT2D eigenvalue weighted by Crippen LogP contribution is -2.27. The highest BCUT2D eigenvalue weighted by atomic mass is 16.5. The molecule has 1 unspecified atom stereocenters. The number of likely N-dealkylation sites (tertiary alicyclic amines) is 1. The SMILES string of the molecule is Cc1ccccc1CN1C(=O)CCC1c1nc(C(C)(C)C)no1. The third-order valence-corrected chi connectivity index (χ3v) is 4.33. The summed E-state index contributed by atoms with van der Waals surface area (Å²) in [7, 11) is 0. The van der Waals surface area contributed by atoms with Gasteiger partial charge in [-0.25, -0.2) is 0 Å². The van der Waals surface area contributed by atoms with Crippen molar-refractivity contribution >= 4 is 5.91 Å². The summed E-state index contributed by atoms with van der Waals surface area (Å²) in [6.07, 6.45) is 1.26. The normalized spacial score (nSPS) is 18.7. The molecule has 0 bridgehead atoms. The van der Waals surface area contributed by atoms with Crippen LogP contribution in [-0.4, -0.2) is 20.9 Å². The van der Waals surface area contributed by atoms with Crippen LogP contribution in [-0.2, 0) is 16.8 Å². The molecule has 1 aromatic heterocycles. The molecular weight excluding hydrogens is 290 g/mol. The van der Waals surface area contributed by atoms with Gasteiger partial charge in [-0.15, -0.1) is 0 Å². The summed E-state index contributed by atoms with van der Waals surface area (Å²) in [6.45, 7) is 8.80. The van der Waals surface area contributed by atoms with Crippen LogP contribution in [0.15, 0.2) is 28.8 Å². The molecule has 0 radical (unpaired) electrons. The summed E-state index contributed by atoms with van der Waals surface area (Å²) in [4.78, 5) is 18.7. The van der Waals surface area contributed by atoms with Gasteiger partial charge in [-0.2, -0.15) is 4.98 Å². The largest absolute Gasteiger partial charge is 0.337 e. The molecule has 0 aliphatic carbocycles. The van der Waals surface area contributed by atoms with E-state index in [1.54, 1.807) is 0 Å². The predicted molar refractivity (Wildman–Crippen MR) is 86.7 cm³/mol. The third-order valence-electron chi connectivity index (χ3n) is 4.33. The first kappa shape index (κ1) is 15.7. The summed E-state index contributed by atoms with van der Waals surface area (Å²) in [5, 5.41) is 4.09. The lowest BCUT2D eigenvalue weighted by atomic mass is 9.96. The highest BCUT2D eigenvalue weighted by Crippen LogP contribution is 2.34. The van der Waals surface area contributed by atoms with Crippen molar-refractivity contribution in [2.75, 3.05) is 0 Å². The molecule has 0 N–H and O–H groups in total. The van der Waals surface area contributed by atoms with Crippen molar-refractivity contribution in [2.45, 2.75) is 58.5 Å². The highest BCUT2D eigenvalue weighted by molar-refractivity contribution is 5.78. The molecule has 2 aromatic rings. The Kier molecular flexibility index (Phi) is 3.96. The van der Waals surface area contributed by atoms with Crippen LogP contribution < -0.4 is 0 Å². The lowest BCUT2D eigenvalue weighted by molar-refractivity contribution is -0.130. The number of carbonyl (C=O) groups is 1. The molecule has 1 aliphatic rings. The summed E-state index contributed by atoms with van der Waals surface area (Å²) in [5.41, 5.74) is 2.18. The molecule has 23 heavy (non-hydrogen) atoms. The molecule has 1 aromatic carbocycles. The molecular formula is C18H23N3O2. The first-order chi connectivity index (χ1) is 10.9. The Morgan fingerprint density at radius 2 is 2.04 bits per heavy atom. The number of hydrogen-bond donors (Lipinski definition) is 0. The molecule has 1 fully saturated rings. The van der Waals surface area contributed by atoms with Gasteiger partial charge >= 0.3 is 0 Å². The van der Waals surface area contributed by atoms with Crippen LogP contribution in [0.25, 0.3) is 0 Å². The molecule has 1 saturated heterocycles. The Bertz CT molecular complexity index is 715. The average molecular weight is 313 g/mol. The van der Waals surface area contributed by atoms with Crippen molar-refractivity contribution in [1.82, 2.24) is 15.0 Å². The van der Waals surface area contributed by atoms with Gasteiger partial charge in [0.1, 0.15) is 6.04 Å². The Balaban J connectivity index is 1.85. The summed E-state index contributed by atoms with van der Waals surface area (Å²) in [5.74, 6) is 1.38. The van der Waals surface area contributed by atoms with Gasteiger partial charge in [-0.05, 0) is 24.5 Å². The number of carbonyl (C=O) groups excluding carboxylic acids is 1. The van der Waals surface area contributed by atoms with Crippen LogP contribution in [0.4, 0.5) is 0 Å². The van der Waals surface area contributed by atoms with E-state index in [1.165, 1.54) is 5.56 Å². The van der Waals surface area contributed by atoms with Crippen LogP contribution >= 0.6 is 0 Å². The number of nitrogens with zero attached hydrogens (tertiary/aromatic N) is 3. The summed E-state index contributed by atoms with van der Waals surface area (Å²) < 4.78 is 5.47. The lowest BCUT2D eigenvalue weighted by Gasteiger charge is -2.23. The minimum atomic E-state index is -0.161. The minimum absolute atomic E-state index is 0.120. The molecule has 5 heteroatoms. The van der Waals surface area contributed by atoms with Gasteiger partial charge in [0.2, 0.25) is 11.8 Å². The molecule has 1 atom stereocenters. The van der Waals surface area contributed by atoms with Crippen LogP contribution in [0.3, 0.4) is 0 Å². The Morgan fingerprint density at radius 3 is 2.70 bits per heavy atom. The van der Waals surface area contributed by atoms with E-state index in [0.29, 0.717) is 24.7 Å². The maximum atomic E-state index is 12.3. The van der Waals surface area contributed by atoms with Gasteiger partial charge in [0.05, 0.1) is 0 Å². The molecule has 5 nitrogen and oxygen atoms in total. The van der Waals surface area contributed by atoms with Crippen molar-refractivity contribution in [3.8, 4) is 0 Å². The first-order valence-electron chi connectivity index (χ1n) is 8.04. The van der Waals surface area contributed by atoms with Crippen molar-refractivity contribution in [1.29, 1.82) is 0 Å². The van der Waals surface area contributed by atoms with E-state index in [2.05, 4.69) is 29.2 Å². The fraction of sp³-hybridized carbons (Fsp3) is 0.500. The van der Waals surface area contributed by atoms with Crippen LogP contribution in [0, 0.1) is 6.92 Å². The van der Waals surface area contributed by atoms with Gasteiger partial charge in [-0.1, -0.05) is 50.2 Å². The predicted octanol–water partition coefficient (Wildman–Crippen LogP) is 3.54. The van der Waals surface area contributed by atoms with Gasteiger partial charge in [0.25, 0.3) is 0 Å². The standard InChI is InChI=1S/C18H23N3O2/c1-12-7-5-6-8-13(12)11-21-14(9-10-15(21)22)16-19-17(20-23-16)18(2,3)4/h5-8,14H,9-11H2,1-4H3. The topological polar surface area (TPSA) is 59.2 Å². The maximum absolute atomic E-state index is 12.3. The molecule has 0 saturated carbocycles. The summed E-state index contributed by atoms with van der Waals surface area (Å²) in [6, 6.07) is 8.02. The zero-order chi connectivity index (χ0) is 16.6. The second-order valence-corrected chi connectivity index (χ2v) is 7.21. The van der Waals surface area contributed by atoms with Crippen LogP contribution in [0.2, 0.25) is 0 Å². The quantitative estimate of drug-likeness (QED) is 0.869. The van der Waals surface area contributed by atoms with E-state index in [4.69, 9.17) is 4.52 Å². The highest BCUT2D eigenvalue weighted by Gasteiger charge is 2.36. The van der Waals surface area contributed by atoms with Crippen LogP contribution in [0.1, 0.15) is 62.5 Å². The number of hydrogen-bond acceptors (Lipinski definition) is 4. The number of rotatable bonds is 3. The maximum Gasteiger partial charge on any atom is 0.249 e. The van der Waals surface area contributed by atoms with E-state index in [0.717, 1.165) is 12.0 Å². The van der Waals surface area contributed by atoms with E-state index in [1.807, 2.05) is 37.8 Å². The smallest absolute Gasteiger partial charge is 0.249 e. The monoisotopic (exact) mass is 313 g/mol. The van der Waals surface area contributed by atoms with E-state index >= 15 is 0 Å². The van der Waals surface area contributed by atoms with Gasteiger partial charge in [0.15, 0.2) is 5.82 Å². The molecule has 0 spiro atoms. The Morgan fingerprint density at radius 1 is 1.30 bits per heavy atom. The molecule has 122 valence electrons. The van der Waals surface area contributed by atoms with E-state index in [-0.39, 0.29) is 17.4 Å². The molecule has 1 amide bonds. The van der Waals surface area contributed by atoms with Crippen molar-refractivity contribution in [2.24, 2.45) is 0 Å². The van der Waals surface area contributed by atoms with Gasteiger partial charge in [-0.3, -0.25) is 4.79 Å². The summed E-state index contributed by atoms with van der Waals surface area (Å²) >= 11 is 0. The number of aryl methyl sites for hydroxylation is 1. The van der Waals surface area contributed by atoms with Crippen molar-refractivity contribution in [3.63, 3.8) is 0 Å².